The van der Waals surface area contributed by atoms with Gasteiger partial charge < -0.3 is 10.6 Å². The van der Waals surface area contributed by atoms with Gasteiger partial charge in [0.2, 0.25) is 0 Å². The fourth-order valence-corrected chi connectivity index (χ4v) is 3.55. The minimum atomic E-state index is 0. The van der Waals surface area contributed by atoms with Crippen molar-refractivity contribution in [3.8, 4) is 5.82 Å². The second-order valence-corrected chi connectivity index (χ2v) is 7.56. The molecular formula is C23H29IN6. The minimum absolute atomic E-state index is 0. The van der Waals surface area contributed by atoms with E-state index in [2.05, 4.69) is 63.9 Å². The van der Waals surface area contributed by atoms with Crippen molar-refractivity contribution in [2.75, 3.05) is 13.1 Å². The van der Waals surface area contributed by atoms with Crippen LogP contribution < -0.4 is 10.6 Å². The molecule has 0 radical (unpaired) electrons. The highest BCUT2D eigenvalue weighted by Crippen LogP contribution is 2.47. The average molecular weight is 516 g/mol. The number of hydrogen-bond donors (Lipinski definition) is 2. The van der Waals surface area contributed by atoms with Gasteiger partial charge in [-0.1, -0.05) is 36.4 Å². The zero-order valence-corrected chi connectivity index (χ0v) is 19.8. The van der Waals surface area contributed by atoms with Gasteiger partial charge in [-0.15, -0.1) is 24.0 Å². The second-order valence-electron chi connectivity index (χ2n) is 7.56. The lowest BCUT2D eigenvalue weighted by Gasteiger charge is -2.19. The molecule has 158 valence electrons. The van der Waals surface area contributed by atoms with E-state index in [1.807, 2.05) is 30.0 Å². The molecule has 0 spiro atoms. The number of hydrogen-bond acceptors (Lipinski definition) is 3. The summed E-state index contributed by atoms with van der Waals surface area (Å²) in [6.07, 6.45) is 8.04. The molecule has 1 saturated carbocycles. The average Bonchev–Trinajstić information content (AvgIpc) is 3.44. The van der Waals surface area contributed by atoms with E-state index in [9.17, 15) is 0 Å². The molecule has 0 unspecified atom stereocenters. The van der Waals surface area contributed by atoms with Crippen LogP contribution in [-0.4, -0.2) is 33.6 Å². The summed E-state index contributed by atoms with van der Waals surface area (Å²) in [7, 11) is 0. The van der Waals surface area contributed by atoms with Crippen molar-refractivity contribution in [3.63, 3.8) is 0 Å². The van der Waals surface area contributed by atoms with Gasteiger partial charge in [0.25, 0.3) is 0 Å². The van der Waals surface area contributed by atoms with Crippen molar-refractivity contribution in [3.05, 3.63) is 78.0 Å². The van der Waals surface area contributed by atoms with Gasteiger partial charge in [-0.05, 0) is 43.9 Å². The summed E-state index contributed by atoms with van der Waals surface area (Å²) in [5, 5.41) is 6.89. The van der Waals surface area contributed by atoms with Crippen LogP contribution in [0.1, 0.15) is 36.7 Å². The van der Waals surface area contributed by atoms with Gasteiger partial charge in [0.1, 0.15) is 11.6 Å². The topological polar surface area (TPSA) is 67.1 Å². The third kappa shape index (κ3) is 5.19. The van der Waals surface area contributed by atoms with Gasteiger partial charge in [0.15, 0.2) is 5.96 Å². The van der Waals surface area contributed by atoms with E-state index < -0.39 is 0 Å². The third-order valence-corrected chi connectivity index (χ3v) is 5.48. The van der Waals surface area contributed by atoms with Crippen LogP contribution in [0.25, 0.3) is 5.82 Å². The maximum atomic E-state index is 4.75. The van der Waals surface area contributed by atoms with E-state index in [1.54, 1.807) is 6.20 Å². The Kier molecular flexibility index (Phi) is 7.47. The monoisotopic (exact) mass is 516 g/mol. The molecule has 6 nitrogen and oxygen atoms in total. The van der Waals surface area contributed by atoms with Crippen LogP contribution in [0.15, 0.2) is 66.0 Å². The quantitative estimate of drug-likeness (QED) is 0.283. The molecule has 2 N–H and O–H groups in total. The Morgan fingerprint density at radius 3 is 2.50 bits per heavy atom. The molecule has 4 rings (SSSR count). The molecule has 3 aromatic rings. The Labute approximate surface area is 195 Å². The molecule has 1 aliphatic rings. The number of benzene rings is 1. The maximum absolute atomic E-state index is 4.75. The Bertz CT molecular complexity index is 961. The summed E-state index contributed by atoms with van der Waals surface area (Å²) in [6.45, 7) is 6.38. The molecule has 0 aliphatic heterocycles. The molecule has 1 aromatic carbocycles. The van der Waals surface area contributed by atoms with E-state index in [0.29, 0.717) is 6.54 Å². The molecule has 2 heterocycles. The zero-order valence-electron chi connectivity index (χ0n) is 17.5. The van der Waals surface area contributed by atoms with Gasteiger partial charge in [0, 0.05) is 37.1 Å². The normalized spacial score (nSPS) is 14.7. The first-order valence-corrected chi connectivity index (χ1v) is 10.2. The summed E-state index contributed by atoms with van der Waals surface area (Å²) in [5.74, 6) is 2.65. The Morgan fingerprint density at radius 1 is 1.10 bits per heavy atom. The highest BCUT2D eigenvalue weighted by molar-refractivity contribution is 14.0. The number of nitrogens with one attached hydrogen (secondary N) is 2. The van der Waals surface area contributed by atoms with E-state index in [-0.39, 0.29) is 29.4 Å². The SMILES string of the molecule is CCNC(=NCc1ccc(-n2ccnc2C)nc1)NCC1(c2ccccc2)CC1.I. The number of nitrogens with zero attached hydrogens (tertiary/aromatic N) is 4. The van der Waals surface area contributed by atoms with Crippen molar-refractivity contribution in [2.45, 2.75) is 38.6 Å². The smallest absolute Gasteiger partial charge is 0.191 e. The van der Waals surface area contributed by atoms with Crippen LogP contribution >= 0.6 is 24.0 Å². The van der Waals surface area contributed by atoms with Crippen LogP contribution in [0.5, 0.6) is 0 Å². The summed E-state index contributed by atoms with van der Waals surface area (Å²) in [5.41, 5.74) is 2.74. The summed E-state index contributed by atoms with van der Waals surface area (Å²) < 4.78 is 1.97. The zero-order chi connectivity index (χ0) is 20.1. The third-order valence-electron chi connectivity index (χ3n) is 5.48. The lowest BCUT2D eigenvalue weighted by atomic mass is 9.96. The van der Waals surface area contributed by atoms with Crippen LogP contribution in [0.4, 0.5) is 0 Å². The molecule has 1 aliphatic carbocycles. The van der Waals surface area contributed by atoms with Crippen LogP contribution in [0.3, 0.4) is 0 Å². The molecule has 30 heavy (non-hydrogen) atoms. The predicted octanol–water partition coefficient (Wildman–Crippen LogP) is 3.98. The van der Waals surface area contributed by atoms with Crippen molar-refractivity contribution in [2.24, 2.45) is 4.99 Å². The number of aromatic nitrogens is 3. The fraction of sp³-hybridized carbons (Fsp3) is 0.348. The molecule has 2 aromatic heterocycles. The van der Waals surface area contributed by atoms with Gasteiger partial charge in [-0.3, -0.25) is 4.57 Å². The number of guanidine groups is 1. The van der Waals surface area contributed by atoms with Crippen molar-refractivity contribution in [1.29, 1.82) is 0 Å². The lowest BCUT2D eigenvalue weighted by Crippen LogP contribution is -2.41. The highest BCUT2D eigenvalue weighted by atomic mass is 127. The lowest BCUT2D eigenvalue weighted by molar-refractivity contribution is 0.646. The summed E-state index contributed by atoms with van der Waals surface area (Å²) in [6, 6.07) is 14.9. The Morgan fingerprint density at radius 2 is 1.90 bits per heavy atom. The summed E-state index contributed by atoms with van der Waals surface area (Å²) in [4.78, 5) is 13.6. The molecular weight excluding hydrogens is 487 g/mol. The first kappa shape index (κ1) is 22.3. The molecule has 0 saturated heterocycles. The van der Waals surface area contributed by atoms with Crippen molar-refractivity contribution >= 4 is 29.9 Å². The number of rotatable bonds is 7. The molecule has 7 heteroatoms. The minimum Gasteiger partial charge on any atom is -0.357 e. The van der Waals surface area contributed by atoms with Gasteiger partial charge in [-0.2, -0.15) is 0 Å². The molecule has 0 amide bonds. The van der Waals surface area contributed by atoms with Gasteiger partial charge >= 0.3 is 0 Å². The number of halogens is 1. The molecule has 1 fully saturated rings. The second kappa shape index (κ2) is 10.1. The number of aliphatic imine (C=N–C) groups is 1. The molecule has 0 atom stereocenters. The first-order chi connectivity index (χ1) is 14.2. The first-order valence-electron chi connectivity index (χ1n) is 10.2. The standard InChI is InChI=1S/C23H28N6.HI/c1-3-24-22(28-17-23(11-12-23)20-7-5-4-6-8-20)27-16-19-9-10-21(26-15-19)29-14-13-25-18(29)2;/h4-10,13-15H,3,11-12,16-17H2,1-2H3,(H2,24,27,28);1H. The largest absolute Gasteiger partial charge is 0.357 e. The predicted molar refractivity (Wildman–Crippen MR) is 132 cm³/mol. The number of imidazole rings is 1. The molecule has 0 bridgehead atoms. The van der Waals surface area contributed by atoms with E-state index >= 15 is 0 Å². The Hall–Kier alpha value is -2.42. The van der Waals surface area contributed by atoms with E-state index in [0.717, 1.165) is 36.3 Å². The van der Waals surface area contributed by atoms with Crippen LogP contribution in [0, 0.1) is 6.92 Å². The van der Waals surface area contributed by atoms with E-state index in [1.165, 1.54) is 18.4 Å². The van der Waals surface area contributed by atoms with Crippen LogP contribution in [-0.2, 0) is 12.0 Å². The maximum Gasteiger partial charge on any atom is 0.191 e. The van der Waals surface area contributed by atoms with Crippen LogP contribution in [0.2, 0.25) is 0 Å². The Balaban J connectivity index is 0.00000256. The fourth-order valence-electron chi connectivity index (χ4n) is 3.55. The summed E-state index contributed by atoms with van der Waals surface area (Å²) >= 11 is 0. The van der Waals surface area contributed by atoms with E-state index in [4.69, 9.17) is 4.99 Å². The number of pyridine rings is 1. The van der Waals surface area contributed by atoms with Crippen molar-refractivity contribution < 1.29 is 0 Å². The van der Waals surface area contributed by atoms with Gasteiger partial charge in [-0.25, -0.2) is 15.0 Å². The van der Waals surface area contributed by atoms with Crippen molar-refractivity contribution in [1.82, 2.24) is 25.2 Å². The number of aryl methyl sites for hydroxylation is 1. The van der Waals surface area contributed by atoms with Gasteiger partial charge in [0.05, 0.1) is 6.54 Å². The highest BCUT2D eigenvalue weighted by Gasteiger charge is 2.43.